The molecule has 6 nitrogen and oxygen atoms in total. The summed E-state index contributed by atoms with van der Waals surface area (Å²) in [7, 11) is 0. The minimum absolute atomic E-state index is 0.119. The number of nitrogens with one attached hydrogen (secondary N) is 1. The fraction of sp³-hybridized carbons (Fsp3) is 0.188. The van der Waals surface area contributed by atoms with Crippen molar-refractivity contribution < 1.29 is 14.3 Å². The van der Waals surface area contributed by atoms with Crippen molar-refractivity contribution in [3.05, 3.63) is 51.8 Å². The number of H-pyrrole nitrogens is 1. The Kier molecular flexibility index (Phi) is 3.29. The number of nitrogens with zero attached hydrogens (tertiary/aromatic N) is 1. The number of hydrogen-bond donors (Lipinski definition) is 1. The van der Waals surface area contributed by atoms with Crippen molar-refractivity contribution in [1.82, 2.24) is 9.61 Å². The first-order valence-electron chi connectivity index (χ1n) is 6.89. The second-order valence-electron chi connectivity index (χ2n) is 4.87. The predicted molar refractivity (Wildman–Crippen MR) is 81.5 cm³/mol. The van der Waals surface area contributed by atoms with Gasteiger partial charge in [-0.3, -0.25) is 14.1 Å². The molecule has 22 heavy (non-hydrogen) atoms. The lowest BCUT2D eigenvalue weighted by molar-refractivity contribution is 0.0527. The van der Waals surface area contributed by atoms with Gasteiger partial charge in [0, 0.05) is 11.6 Å². The van der Waals surface area contributed by atoms with Gasteiger partial charge >= 0.3 is 5.97 Å². The van der Waals surface area contributed by atoms with Crippen molar-refractivity contribution in [2.24, 2.45) is 0 Å². The molecule has 6 heteroatoms. The second-order valence-corrected chi connectivity index (χ2v) is 4.87. The Hall–Kier alpha value is -2.89. The summed E-state index contributed by atoms with van der Waals surface area (Å²) in [6, 6.07) is 6.90. The summed E-state index contributed by atoms with van der Waals surface area (Å²) < 4.78 is 6.56. The molecule has 3 rings (SSSR count). The van der Waals surface area contributed by atoms with Gasteiger partial charge in [0.25, 0.3) is 0 Å². The molecule has 2 heterocycles. The smallest absolute Gasteiger partial charge is 0.344 e. The number of Topliss-reactive ketones (excluding diaryl/α,β-unsaturated/α-hetero) is 1. The molecule has 0 bridgehead atoms. The SMILES string of the molecule is CCOC(=O)c1c(=O)c2ccccc2n2[nH]cc(C(C)=O)c12. The van der Waals surface area contributed by atoms with Gasteiger partial charge in [0.2, 0.25) is 5.43 Å². The average Bonchev–Trinajstić information content (AvgIpc) is 2.93. The summed E-state index contributed by atoms with van der Waals surface area (Å²) in [6.45, 7) is 3.20. The highest BCUT2D eigenvalue weighted by molar-refractivity contribution is 6.09. The van der Waals surface area contributed by atoms with Gasteiger partial charge in [0.1, 0.15) is 5.56 Å². The number of pyridine rings is 1. The van der Waals surface area contributed by atoms with Crippen molar-refractivity contribution in [2.75, 3.05) is 6.61 Å². The van der Waals surface area contributed by atoms with Gasteiger partial charge in [0.15, 0.2) is 5.78 Å². The van der Waals surface area contributed by atoms with E-state index in [-0.39, 0.29) is 29.0 Å². The molecular weight excluding hydrogens is 284 g/mol. The third-order valence-corrected chi connectivity index (χ3v) is 3.53. The number of aromatic nitrogens is 2. The van der Waals surface area contributed by atoms with Gasteiger partial charge in [-0.25, -0.2) is 4.79 Å². The third-order valence-electron chi connectivity index (χ3n) is 3.53. The lowest BCUT2D eigenvalue weighted by Gasteiger charge is -2.08. The first-order chi connectivity index (χ1) is 10.6. The van der Waals surface area contributed by atoms with Crippen LogP contribution in [0.4, 0.5) is 0 Å². The fourth-order valence-electron chi connectivity index (χ4n) is 2.58. The summed E-state index contributed by atoms with van der Waals surface area (Å²) in [4.78, 5) is 36.7. The average molecular weight is 298 g/mol. The number of carbonyl (C=O) groups excluding carboxylic acids is 2. The van der Waals surface area contributed by atoms with E-state index in [0.29, 0.717) is 10.9 Å². The number of hydrogen-bond acceptors (Lipinski definition) is 4. The zero-order chi connectivity index (χ0) is 15.9. The van der Waals surface area contributed by atoms with E-state index in [0.717, 1.165) is 0 Å². The largest absolute Gasteiger partial charge is 0.462 e. The number of ketones is 1. The van der Waals surface area contributed by atoms with Crippen molar-refractivity contribution in [2.45, 2.75) is 13.8 Å². The Morgan fingerprint density at radius 2 is 2.00 bits per heavy atom. The van der Waals surface area contributed by atoms with E-state index < -0.39 is 11.4 Å². The number of fused-ring (bicyclic) bond motifs is 3. The van der Waals surface area contributed by atoms with Crippen LogP contribution < -0.4 is 5.43 Å². The molecule has 2 aromatic heterocycles. The lowest BCUT2D eigenvalue weighted by Crippen LogP contribution is -2.21. The molecular formula is C16H14N2O4. The van der Waals surface area contributed by atoms with Crippen LogP contribution in [0.25, 0.3) is 16.4 Å². The van der Waals surface area contributed by atoms with Crippen LogP contribution in [0.2, 0.25) is 0 Å². The minimum atomic E-state index is -0.724. The minimum Gasteiger partial charge on any atom is -0.462 e. The number of para-hydroxylation sites is 1. The standard InChI is InChI=1S/C16H14N2O4/c1-3-22-16(21)13-14-11(9(2)19)8-17-18(14)12-7-5-4-6-10(12)15(13)20/h4-8,17H,3H2,1-2H3. The highest BCUT2D eigenvalue weighted by Gasteiger charge is 2.24. The van der Waals surface area contributed by atoms with E-state index in [9.17, 15) is 14.4 Å². The van der Waals surface area contributed by atoms with Crippen LogP contribution in [-0.4, -0.2) is 28.0 Å². The molecule has 1 N–H and O–H groups in total. The predicted octanol–water partition coefficient (Wildman–Crippen LogP) is 2.16. The number of carbonyl (C=O) groups is 2. The lowest BCUT2D eigenvalue weighted by atomic mass is 10.1. The molecule has 0 fully saturated rings. The number of aromatic amines is 1. The number of ether oxygens (including phenoxy) is 1. The van der Waals surface area contributed by atoms with E-state index in [4.69, 9.17) is 4.74 Å². The van der Waals surface area contributed by atoms with E-state index in [2.05, 4.69) is 5.10 Å². The Bertz CT molecular complexity index is 965. The Morgan fingerprint density at radius 3 is 2.68 bits per heavy atom. The van der Waals surface area contributed by atoms with Crippen molar-refractivity contribution in [3.63, 3.8) is 0 Å². The number of rotatable bonds is 3. The molecule has 0 aliphatic carbocycles. The van der Waals surface area contributed by atoms with Crippen molar-refractivity contribution in [3.8, 4) is 0 Å². The number of esters is 1. The highest BCUT2D eigenvalue weighted by atomic mass is 16.5. The summed E-state index contributed by atoms with van der Waals surface area (Å²) in [6.07, 6.45) is 1.49. The molecule has 0 spiro atoms. The Morgan fingerprint density at radius 1 is 1.27 bits per heavy atom. The maximum Gasteiger partial charge on any atom is 0.344 e. The third kappa shape index (κ3) is 1.92. The van der Waals surface area contributed by atoms with Crippen LogP contribution in [0.5, 0.6) is 0 Å². The molecule has 0 radical (unpaired) electrons. The highest BCUT2D eigenvalue weighted by Crippen LogP contribution is 2.21. The Balaban J connectivity index is 2.55. The van der Waals surface area contributed by atoms with Gasteiger partial charge < -0.3 is 9.84 Å². The molecule has 112 valence electrons. The van der Waals surface area contributed by atoms with E-state index >= 15 is 0 Å². The number of benzene rings is 1. The summed E-state index contributed by atoms with van der Waals surface area (Å²) in [5.74, 6) is -0.961. The monoisotopic (exact) mass is 298 g/mol. The van der Waals surface area contributed by atoms with Crippen LogP contribution in [0.1, 0.15) is 34.6 Å². The zero-order valence-electron chi connectivity index (χ0n) is 12.2. The quantitative estimate of drug-likeness (QED) is 0.593. The van der Waals surface area contributed by atoms with E-state index in [1.807, 2.05) is 0 Å². The van der Waals surface area contributed by atoms with Gasteiger partial charge in [0.05, 0.1) is 23.2 Å². The maximum atomic E-state index is 12.7. The molecule has 0 atom stereocenters. The first-order valence-corrected chi connectivity index (χ1v) is 6.89. The molecule has 0 aliphatic rings. The maximum absolute atomic E-state index is 12.7. The molecule has 0 saturated heterocycles. The molecule has 0 unspecified atom stereocenters. The summed E-state index contributed by atoms with van der Waals surface area (Å²) in [5.41, 5.74) is 0.590. The van der Waals surface area contributed by atoms with Gasteiger partial charge in [-0.05, 0) is 26.0 Å². The summed E-state index contributed by atoms with van der Waals surface area (Å²) in [5, 5.41) is 3.32. The molecule has 0 aliphatic heterocycles. The van der Waals surface area contributed by atoms with E-state index in [1.165, 1.54) is 13.1 Å². The first kappa shape index (κ1) is 14.1. The van der Waals surface area contributed by atoms with Crippen LogP contribution in [-0.2, 0) is 4.74 Å². The van der Waals surface area contributed by atoms with Crippen LogP contribution in [0.15, 0.2) is 35.3 Å². The zero-order valence-corrected chi connectivity index (χ0v) is 12.2. The van der Waals surface area contributed by atoms with Crippen LogP contribution in [0.3, 0.4) is 0 Å². The molecule has 0 saturated carbocycles. The normalized spacial score (nSPS) is 11.0. The van der Waals surface area contributed by atoms with Crippen LogP contribution >= 0.6 is 0 Å². The van der Waals surface area contributed by atoms with Crippen LogP contribution in [0, 0.1) is 0 Å². The molecule has 3 aromatic rings. The Labute approximate surface area is 125 Å². The van der Waals surface area contributed by atoms with Gasteiger partial charge in [-0.15, -0.1) is 0 Å². The topological polar surface area (TPSA) is 80.6 Å². The van der Waals surface area contributed by atoms with Gasteiger partial charge in [-0.2, -0.15) is 0 Å². The second kappa shape index (κ2) is 5.14. The van der Waals surface area contributed by atoms with Crippen molar-refractivity contribution >= 4 is 28.2 Å². The fourth-order valence-corrected chi connectivity index (χ4v) is 2.58. The van der Waals surface area contributed by atoms with E-state index in [1.54, 1.807) is 35.7 Å². The van der Waals surface area contributed by atoms with Crippen molar-refractivity contribution in [1.29, 1.82) is 0 Å². The summed E-state index contributed by atoms with van der Waals surface area (Å²) >= 11 is 0. The molecule has 1 aromatic carbocycles. The molecule has 0 amide bonds. The van der Waals surface area contributed by atoms with Gasteiger partial charge in [-0.1, -0.05) is 12.1 Å².